The fourth-order valence-corrected chi connectivity index (χ4v) is 2.98. The molecule has 0 aliphatic carbocycles. The zero-order chi connectivity index (χ0) is 16.8. The topological polar surface area (TPSA) is 92.0 Å². The highest BCUT2D eigenvalue weighted by atomic mass is 16.3. The lowest BCUT2D eigenvalue weighted by atomic mass is 10.0. The number of rotatable bonds is 2. The Bertz CT molecular complexity index is 1210. The minimum atomic E-state index is -0.0936. The summed E-state index contributed by atoms with van der Waals surface area (Å²) < 4.78 is 1.82. The second kappa shape index (κ2) is 5.13. The van der Waals surface area contributed by atoms with Crippen molar-refractivity contribution in [1.82, 2.24) is 30.0 Å². The van der Waals surface area contributed by atoms with Crippen molar-refractivity contribution in [2.24, 2.45) is 0 Å². The first-order chi connectivity index (χ1) is 12.3. The number of H-pyrrole nitrogens is 1. The number of benzene rings is 1. The Kier molecular flexibility index (Phi) is 2.81. The number of nitrogens with zero attached hydrogens (tertiary/aromatic N) is 5. The van der Waals surface area contributed by atoms with E-state index in [4.69, 9.17) is 5.10 Å². The van der Waals surface area contributed by atoms with E-state index in [1.54, 1.807) is 6.07 Å². The Balaban J connectivity index is 1.85. The van der Waals surface area contributed by atoms with E-state index in [1.807, 2.05) is 59.2 Å². The van der Waals surface area contributed by atoms with E-state index < -0.39 is 0 Å². The Morgan fingerprint density at radius 2 is 1.80 bits per heavy atom. The Hall–Kier alpha value is -3.74. The molecule has 4 heterocycles. The van der Waals surface area contributed by atoms with Crippen molar-refractivity contribution in [1.29, 1.82) is 0 Å². The molecule has 0 unspecified atom stereocenters. The largest absolute Gasteiger partial charge is 0.492 e. The predicted octanol–water partition coefficient (Wildman–Crippen LogP) is 3.04. The molecule has 4 aromatic heterocycles. The molecule has 25 heavy (non-hydrogen) atoms. The molecule has 120 valence electrons. The lowest BCUT2D eigenvalue weighted by Gasteiger charge is -2.02. The van der Waals surface area contributed by atoms with E-state index in [-0.39, 0.29) is 5.88 Å². The van der Waals surface area contributed by atoms with Crippen LogP contribution in [0.5, 0.6) is 5.88 Å². The van der Waals surface area contributed by atoms with Gasteiger partial charge in [-0.3, -0.25) is 5.10 Å². The van der Waals surface area contributed by atoms with Crippen LogP contribution in [0.4, 0.5) is 0 Å². The second-order valence-electron chi connectivity index (χ2n) is 5.66. The van der Waals surface area contributed by atoms with Gasteiger partial charge in [0.1, 0.15) is 5.69 Å². The first-order valence-electron chi connectivity index (χ1n) is 7.75. The fraction of sp³-hybridized carbons (Fsp3) is 0. The molecular weight excluding hydrogens is 316 g/mol. The maximum Gasteiger partial charge on any atom is 0.239 e. The summed E-state index contributed by atoms with van der Waals surface area (Å²) in [5.41, 5.74) is 4.64. The number of nitrogens with one attached hydrogen (secondary N) is 1. The number of hydrogen-bond donors (Lipinski definition) is 2. The van der Waals surface area contributed by atoms with Crippen molar-refractivity contribution in [2.45, 2.75) is 0 Å². The van der Waals surface area contributed by atoms with Gasteiger partial charge >= 0.3 is 0 Å². The van der Waals surface area contributed by atoms with E-state index in [1.165, 1.54) is 0 Å². The van der Waals surface area contributed by atoms with Crippen LogP contribution < -0.4 is 0 Å². The number of aromatic nitrogens is 6. The summed E-state index contributed by atoms with van der Waals surface area (Å²) in [5, 5.41) is 30.0. The van der Waals surface area contributed by atoms with Crippen LogP contribution in [-0.4, -0.2) is 35.1 Å². The predicted molar refractivity (Wildman–Crippen MR) is 93.0 cm³/mol. The number of hydrogen-bond acceptors (Lipinski definition) is 5. The molecule has 0 bridgehead atoms. The SMILES string of the molecule is Oc1n[nH]c2nnc(-c3c(-c4ccccc4)nn4ccccc34)cc12. The first-order valence-corrected chi connectivity index (χ1v) is 7.75. The maximum atomic E-state index is 9.90. The Labute approximate surface area is 141 Å². The van der Waals surface area contributed by atoms with Crippen molar-refractivity contribution >= 4 is 16.6 Å². The van der Waals surface area contributed by atoms with E-state index in [9.17, 15) is 5.11 Å². The second-order valence-corrected chi connectivity index (χ2v) is 5.66. The van der Waals surface area contributed by atoms with Crippen LogP contribution >= 0.6 is 0 Å². The van der Waals surface area contributed by atoms with Gasteiger partial charge in [0, 0.05) is 11.8 Å². The minimum Gasteiger partial charge on any atom is -0.492 e. The molecule has 0 saturated heterocycles. The average molecular weight is 328 g/mol. The van der Waals surface area contributed by atoms with Gasteiger partial charge in [-0.25, -0.2) is 4.52 Å². The summed E-state index contributed by atoms with van der Waals surface area (Å²) in [4.78, 5) is 0. The molecule has 0 spiro atoms. The molecule has 7 heteroatoms. The summed E-state index contributed by atoms with van der Waals surface area (Å²) in [5.74, 6) is -0.0936. The average Bonchev–Trinajstić information content (AvgIpc) is 3.23. The standard InChI is InChI=1S/C18H12N6O/c25-18-12-10-13(19-20-17(12)21-22-18)15-14-8-4-5-9-24(14)23-16(15)11-6-2-1-3-7-11/h1-10H,(H2,20,21,22,25). The number of fused-ring (bicyclic) bond motifs is 2. The highest BCUT2D eigenvalue weighted by molar-refractivity contribution is 5.93. The zero-order valence-electron chi connectivity index (χ0n) is 13.0. The summed E-state index contributed by atoms with van der Waals surface area (Å²) in [6.45, 7) is 0. The van der Waals surface area contributed by atoms with Gasteiger partial charge in [0.05, 0.1) is 22.2 Å². The van der Waals surface area contributed by atoms with Crippen molar-refractivity contribution in [2.75, 3.05) is 0 Å². The van der Waals surface area contributed by atoms with Crippen LogP contribution in [0.15, 0.2) is 60.8 Å². The molecule has 0 atom stereocenters. The molecule has 2 N–H and O–H groups in total. The minimum absolute atomic E-state index is 0.0936. The molecule has 0 saturated carbocycles. The zero-order valence-corrected chi connectivity index (χ0v) is 13.0. The lowest BCUT2D eigenvalue weighted by molar-refractivity contribution is 0.457. The van der Waals surface area contributed by atoms with Gasteiger partial charge < -0.3 is 5.11 Å². The summed E-state index contributed by atoms with van der Waals surface area (Å²) in [7, 11) is 0. The molecule has 0 aliphatic heterocycles. The van der Waals surface area contributed by atoms with Crippen LogP contribution in [-0.2, 0) is 0 Å². The number of pyridine rings is 1. The van der Waals surface area contributed by atoms with Gasteiger partial charge in [-0.05, 0) is 18.2 Å². The van der Waals surface area contributed by atoms with Crippen LogP contribution in [0, 0.1) is 0 Å². The van der Waals surface area contributed by atoms with E-state index >= 15 is 0 Å². The van der Waals surface area contributed by atoms with Gasteiger partial charge in [0.25, 0.3) is 0 Å². The van der Waals surface area contributed by atoms with Crippen molar-refractivity contribution in [3.05, 3.63) is 60.8 Å². The monoisotopic (exact) mass is 328 g/mol. The smallest absolute Gasteiger partial charge is 0.239 e. The van der Waals surface area contributed by atoms with E-state index in [0.717, 1.165) is 22.3 Å². The molecule has 5 rings (SSSR count). The first kappa shape index (κ1) is 13.7. The fourth-order valence-electron chi connectivity index (χ4n) is 2.98. The van der Waals surface area contributed by atoms with Gasteiger partial charge in [0.2, 0.25) is 5.88 Å². The number of aromatic hydroxyl groups is 1. The third kappa shape index (κ3) is 2.06. The molecule has 5 aromatic rings. The molecular formula is C18H12N6O. The highest BCUT2D eigenvalue weighted by Crippen LogP contribution is 2.35. The third-order valence-electron chi connectivity index (χ3n) is 4.15. The Morgan fingerprint density at radius 1 is 0.960 bits per heavy atom. The summed E-state index contributed by atoms with van der Waals surface area (Å²) >= 11 is 0. The number of aromatic amines is 1. The Morgan fingerprint density at radius 3 is 2.68 bits per heavy atom. The molecule has 0 radical (unpaired) electrons. The summed E-state index contributed by atoms with van der Waals surface area (Å²) in [6, 6.07) is 17.6. The van der Waals surface area contributed by atoms with Gasteiger partial charge in [0.15, 0.2) is 5.65 Å². The van der Waals surface area contributed by atoms with Crippen molar-refractivity contribution in [3.8, 4) is 28.4 Å². The highest BCUT2D eigenvalue weighted by Gasteiger charge is 2.19. The van der Waals surface area contributed by atoms with Gasteiger partial charge in [-0.15, -0.1) is 15.3 Å². The quantitative estimate of drug-likeness (QED) is 0.519. The van der Waals surface area contributed by atoms with Gasteiger partial charge in [-0.2, -0.15) is 5.10 Å². The third-order valence-corrected chi connectivity index (χ3v) is 4.15. The van der Waals surface area contributed by atoms with Crippen molar-refractivity contribution in [3.63, 3.8) is 0 Å². The van der Waals surface area contributed by atoms with E-state index in [0.29, 0.717) is 16.7 Å². The van der Waals surface area contributed by atoms with Crippen LogP contribution in [0.1, 0.15) is 0 Å². The van der Waals surface area contributed by atoms with Crippen LogP contribution in [0.3, 0.4) is 0 Å². The lowest BCUT2D eigenvalue weighted by Crippen LogP contribution is -1.90. The van der Waals surface area contributed by atoms with Crippen LogP contribution in [0.2, 0.25) is 0 Å². The molecule has 7 nitrogen and oxygen atoms in total. The molecule has 0 fully saturated rings. The maximum absolute atomic E-state index is 9.90. The molecule has 0 aliphatic rings. The van der Waals surface area contributed by atoms with Crippen LogP contribution in [0.25, 0.3) is 39.1 Å². The van der Waals surface area contributed by atoms with Gasteiger partial charge in [-0.1, -0.05) is 36.4 Å². The summed E-state index contributed by atoms with van der Waals surface area (Å²) in [6.07, 6.45) is 1.90. The normalized spacial score (nSPS) is 11.4. The van der Waals surface area contributed by atoms with E-state index in [2.05, 4.69) is 20.4 Å². The molecule has 0 amide bonds. The van der Waals surface area contributed by atoms with Crippen molar-refractivity contribution < 1.29 is 5.11 Å². The molecule has 1 aromatic carbocycles.